The van der Waals surface area contributed by atoms with Crippen molar-refractivity contribution < 1.29 is 14.1 Å². The van der Waals surface area contributed by atoms with Crippen LogP contribution < -0.4 is 15.1 Å². The van der Waals surface area contributed by atoms with Gasteiger partial charge in [0.1, 0.15) is 11.1 Å². The van der Waals surface area contributed by atoms with Gasteiger partial charge < -0.3 is 0 Å². The quantitative estimate of drug-likeness (QED) is 0.561. The summed E-state index contributed by atoms with van der Waals surface area (Å²) >= 11 is 1.25. The first-order valence-electron chi connectivity index (χ1n) is 9.51. The van der Waals surface area contributed by atoms with Gasteiger partial charge in [0.25, 0.3) is 6.20 Å². The Hall–Kier alpha value is -2.60. The molecule has 0 atom stereocenters. The molecule has 1 aliphatic heterocycles. The Morgan fingerprint density at radius 2 is 2.18 bits per heavy atom. The molecule has 2 aromatic rings. The van der Waals surface area contributed by atoms with Crippen LogP contribution in [-0.4, -0.2) is 35.0 Å². The Balaban J connectivity index is 1.57. The lowest BCUT2D eigenvalue weighted by atomic mass is 10.1. The Morgan fingerprint density at radius 1 is 1.39 bits per heavy atom. The molecule has 1 fully saturated rings. The van der Waals surface area contributed by atoms with Gasteiger partial charge in [0.2, 0.25) is 11.2 Å². The van der Waals surface area contributed by atoms with Crippen molar-refractivity contribution in [1.82, 2.24) is 10.3 Å². The van der Waals surface area contributed by atoms with Crippen molar-refractivity contribution in [3.05, 3.63) is 29.6 Å². The van der Waals surface area contributed by atoms with Crippen molar-refractivity contribution in [2.45, 2.75) is 44.6 Å². The summed E-state index contributed by atoms with van der Waals surface area (Å²) in [4.78, 5) is 18.5. The van der Waals surface area contributed by atoms with E-state index in [0.29, 0.717) is 22.4 Å². The molecular weight excluding hydrogens is 376 g/mol. The standard InChI is InChI=1S/C19H24N6O2S/c1-14(2)10-16-7-6-15(11-20)19(21-16)28-13-17(26)22-18-12-25(23-27-18)24-8-4-3-5-9-24/h6-7,12,14H,3-5,8-10,13H2,1-2H3/p+1. The number of anilines is 1. The van der Waals surface area contributed by atoms with E-state index >= 15 is 0 Å². The van der Waals surface area contributed by atoms with E-state index in [1.807, 2.05) is 6.07 Å². The van der Waals surface area contributed by atoms with Crippen LogP contribution in [0.15, 0.2) is 27.9 Å². The predicted molar refractivity (Wildman–Crippen MR) is 105 cm³/mol. The molecule has 3 heterocycles. The van der Waals surface area contributed by atoms with Crippen molar-refractivity contribution in [2.75, 3.05) is 29.2 Å². The second-order valence-electron chi connectivity index (χ2n) is 7.20. The lowest BCUT2D eigenvalue weighted by Gasteiger charge is -2.17. The van der Waals surface area contributed by atoms with E-state index in [1.165, 1.54) is 18.2 Å². The summed E-state index contributed by atoms with van der Waals surface area (Å²) in [5.74, 6) is 0.682. The summed E-state index contributed by atoms with van der Waals surface area (Å²) in [6, 6.07) is 5.78. The zero-order valence-corrected chi connectivity index (χ0v) is 17.0. The first-order valence-corrected chi connectivity index (χ1v) is 10.5. The highest BCUT2D eigenvalue weighted by Gasteiger charge is 2.23. The Labute approximate surface area is 168 Å². The third-order valence-corrected chi connectivity index (χ3v) is 5.33. The number of carbonyl (C=O) groups excluding carboxylic acids is 1. The molecule has 9 heteroatoms. The highest BCUT2D eigenvalue weighted by atomic mass is 32.2. The highest BCUT2D eigenvalue weighted by molar-refractivity contribution is 8.00. The number of rotatable bonds is 7. The molecule has 2 aromatic heterocycles. The summed E-state index contributed by atoms with van der Waals surface area (Å²) in [6.45, 7) is 6.09. The van der Waals surface area contributed by atoms with Gasteiger partial charge >= 0.3 is 5.88 Å². The number of amides is 1. The average Bonchev–Trinajstić information content (AvgIpc) is 3.15. The minimum Gasteiger partial charge on any atom is -0.288 e. The number of hydrogen-bond acceptors (Lipinski definition) is 7. The van der Waals surface area contributed by atoms with Gasteiger partial charge in [0, 0.05) is 5.69 Å². The number of nitrogens with one attached hydrogen (secondary N) is 1. The first-order chi connectivity index (χ1) is 13.5. The number of pyridine rings is 1. The average molecular weight is 402 g/mol. The van der Waals surface area contributed by atoms with Gasteiger partial charge in [-0.05, 0) is 43.7 Å². The Kier molecular flexibility index (Phi) is 6.87. The zero-order chi connectivity index (χ0) is 19.9. The van der Waals surface area contributed by atoms with E-state index in [9.17, 15) is 10.1 Å². The van der Waals surface area contributed by atoms with Gasteiger partial charge in [-0.1, -0.05) is 25.6 Å². The number of piperidine rings is 1. The van der Waals surface area contributed by atoms with Crippen molar-refractivity contribution in [1.29, 1.82) is 5.26 Å². The van der Waals surface area contributed by atoms with Crippen LogP contribution in [0.4, 0.5) is 5.88 Å². The van der Waals surface area contributed by atoms with Gasteiger partial charge in [-0.25, -0.2) is 4.98 Å². The van der Waals surface area contributed by atoms with Gasteiger partial charge in [-0.2, -0.15) is 10.3 Å². The summed E-state index contributed by atoms with van der Waals surface area (Å²) in [6.07, 6.45) is 5.99. The molecule has 148 valence electrons. The Morgan fingerprint density at radius 3 is 2.89 bits per heavy atom. The molecular formula is C19H25N6O2S+. The predicted octanol–water partition coefficient (Wildman–Crippen LogP) is 2.28. The first kappa shape index (κ1) is 20.1. The number of nitriles is 1. The monoisotopic (exact) mass is 401 g/mol. The van der Waals surface area contributed by atoms with Crippen LogP contribution in [0.3, 0.4) is 0 Å². The van der Waals surface area contributed by atoms with Crippen molar-refractivity contribution in [3.8, 4) is 6.07 Å². The van der Waals surface area contributed by atoms with Crippen LogP contribution in [0.1, 0.15) is 44.4 Å². The van der Waals surface area contributed by atoms with Crippen LogP contribution in [-0.2, 0) is 11.2 Å². The fraction of sp³-hybridized carbons (Fsp3) is 0.526. The normalized spacial score (nSPS) is 14.1. The van der Waals surface area contributed by atoms with E-state index in [4.69, 9.17) is 4.52 Å². The Bertz CT molecular complexity index is 854. The molecule has 3 rings (SSSR count). The largest absolute Gasteiger partial charge is 0.305 e. The molecule has 0 aromatic carbocycles. The number of hydrogen-bond donors (Lipinski definition) is 1. The minimum atomic E-state index is -0.230. The topological polar surface area (TPSA) is 98.9 Å². The van der Waals surface area contributed by atoms with E-state index < -0.39 is 0 Å². The number of nitrogens with zero attached hydrogens (tertiary/aromatic N) is 5. The minimum absolute atomic E-state index is 0.136. The van der Waals surface area contributed by atoms with Crippen LogP contribution in [0.5, 0.6) is 0 Å². The highest BCUT2D eigenvalue weighted by Crippen LogP contribution is 2.22. The summed E-state index contributed by atoms with van der Waals surface area (Å²) in [5.41, 5.74) is 1.41. The van der Waals surface area contributed by atoms with Crippen LogP contribution in [0.25, 0.3) is 0 Å². The number of aromatic nitrogens is 3. The van der Waals surface area contributed by atoms with Crippen LogP contribution in [0.2, 0.25) is 0 Å². The molecule has 0 spiro atoms. The fourth-order valence-electron chi connectivity index (χ4n) is 3.02. The second kappa shape index (κ2) is 9.55. The maximum atomic E-state index is 12.3. The smallest absolute Gasteiger partial charge is 0.288 e. The molecule has 0 radical (unpaired) electrons. The van der Waals surface area contributed by atoms with E-state index in [2.05, 4.69) is 40.5 Å². The molecule has 0 saturated carbocycles. The SMILES string of the molecule is CC(C)Cc1ccc(C#N)c(SCC(=O)Nc2c[n+](N3CCCCC3)no2)n1. The molecule has 0 aliphatic carbocycles. The van der Waals surface area contributed by atoms with Gasteiger partial charge in [0.05, 0.1) is 29.2 Å². The lowest BCUT2D eigenvalue weighted by molar-refractivity contribution is -0.759. The summed E-state index contributed by atoms with van der Waals surface area (Å²) in [7, 11) is 0. The molecule has 1 amide bonds. The molecule has 28 heavy (non-hydrogen) atoms. The number of carbonyl (C=O) groups is 1. The molecule has 1 saturated heterocycles. The molecule has 1 aliphatic rings. The molecule has 1 N–H and O–H groups in total. The summed E-state index contributed by atoms with van der Waals surface area (Å²) in [5, 5.41) is 18.6. The van der Waals surface area contributed by atoms with Gasteiger partial charge in [-0.3, -0.25) is 14.6 Å². The van der Waals surface area contributed by atoms with Crippen LogP contribution >= 0.6 is 11.8 Å². The third kappa shape index (κ3) is 5.45. The van der Waals surface area contributed by atoms with E-state index in [-0.39, 0.29) is 11.7 Å². The summed E-state index contributed by atoms with van der Waals surface area (Å²) < 4.78 is 5.21. The van der Waals surface area contributed by atoms with Crippen molar-refractivity contribution in [2.24, 2.45) is 5.92 Å². The van der Waals surface area contributed by atoms with Gasteiger partial charge in [0.15, 0.2) is 0 Å². The molecule has 0 unspecified atom stereocenters. The maximum absolute atomic E-state index is 12.3. The second-order valence-corrected chi connectivity index (χ2v) is 8.17. The van der Waals surface area contributed by atoms with Crippen LogP contribution in [0, 0.1) is 17.2 Å². The maximum Gasteiger partial charge on any atom is 0.305 e. The zero-order valence-electron chi connectivity index (χ0n) is 16.2. The van der Waals surface area contributed by atoms with Gasteiger partial charge in [-0.15, -0.1) is 0 Å². The lowest BCUT2D eigenvalue weighted by Crippen LogP contribution is -2.60. The van der Waals surface area contributed by atoms with Crippen molar-refractivity contribution >= 4 is 23.6 Å². The third-order valence-electron chi connectivity index (χ3n) is 4.34. The molecule has 8 nitrogen and oxygen atoms in total. The van der Waals surface area contributed by atoms with E-state index in [1.54, 1.807) is 17.1 Å². The molecule has 0 bridgehead atoms. The van der Waals surface area contributed by atoms with E-state index in [0.717, 1.165) is 38.0 Å². The number of thioether (sulfide) groups is 1. The fourth-order valence-corrected chi connectivity index (χ4v) is 3.81. The van der Waals surface area contributed by atoms with Crippen molar-refractivity contribution in [3.63, 3.8) is 0 Å².